The molecule has 5 heteroatoms. The van der Waals surface area contributed by atoms with Gasteiger partial charge in [-0.05, 0) is 40.2 Å². The number of ether oxygens (including phenoxy) is 2. The van der Waals surface area contributed by atoms with E-state index in [0.29, 0.717) is 11.5 Å². The summed E-state index contributed by atoms with van der Waals surface area (Å²) in [7, 11) is 1.58. The number of benzene rings is 1. The summed E-state index contributed by atoms with van der Waals surface area (Å²) in [4.78, 5) is 0. The summed E-state index contributed by atoms with van der Waals surface area (Å²) in [6.07, 6.45) is 0. The van der Waals surface area contributed by atoms with Gasteiger partial charge in [-0.15, -0.1) is 0 Å². The van der Waals surface area contributed by atoms with Crippen LogP contribution in [0.5, 0.6) is 11.5 Å². The lowest BCUT2D eigenvalue weighted by Gasteiger charge is -2.12. The number of halogens is 1. The van der Waals surface area contributed by atoms with E-state index >= 15 is 0 Å². The topological polar surface area (TPSA) is 54.3 Å². The molecule has 1 rings (SSSR count). The number of rotatable bonds is 6. The first-order chi connectivity index (χ1) is 8.22. The molecule has 0 spiro atoms. The highest BCUT2D eigenvalue weighted by atomic mass is 79.9. The molecule has 17 heavy (non-hydrogen) atoms. The molecule has 0 aliphatic heterocycles. The van der Waals surface area contributed by atoms with Crippen LogP contribution in [-0.2, 0) is 6.54 Å². The van der Waals surface area contributed by atoms with Crippen molar-refractivity contribution in [3.05, 3.63) is 22.2 Å². The van der Waals surface area contributed by atoms with E-state index in [0.717, 1.165) is 23.1 Å². The Morgan fingerprint density at radius 3 is 2.82 bits per heavy atom. The zero-order valence-electron chi connectivity index (χ0n) is 9.92. The summed E-state index contributed by atoms with van der Waals surface area (Å²) < 4.78 is 11.4. The Kier molecular flexibility index (Phi) is 5.81. The molecule has 0 radical (unpaired) electrons. The van der Waals surface area contributed by atoms with Gasteiger partial charge >= 0.3 is 0 Å². The van der Waals surface area contributed by atoms with Gasteiger partial charge in [-0.2, -0.15) is 5.26 Å². The van der Waals surface area contributed by atoms with Crippen molar-refractivity contribution in [2.75, 3.05) is 20.3 Å². The fourth-order valence-electron chi connectivity index (χ4n) is 1.39. The van der Waals surface area contributed by atoms with E-state index in [9.17, 15) is 0 Å². The molecule has 1 N–H and O–H groups in total. The second-order valence-corrected chi connectivity index (χ2v) is 4.19. The first kappa shape index (κ1) is 13.8. The number of nitrogens with one attached hydrogen (secondary N) is 1. The maximum atomic E-state index is 8.51. The van der Waals surface area contributed by atoms with Gasteiger partial charge in [-0.25, -0.2) is 0 Å². The van der Waals surface area contributed by atoms with E-state index in [1.54, 1.807) is 7.11 Å². The minimum Gasteiger partial charge on any atom is -0.493 e. The van der Waals surface area contributed by atoms with E-state index in [2.05, 4.69) is 28.2 Å². The highest BCUT2D eigenvalue weighted by Crippen LogP contribution is 2.36. The third-order valence-electron chi connectivity index (χ3n) is 2.15. The second-order valence-electron chi connectivity index (χ2n) is 3.34. The molecule has 92 valence electrons. The number of hydrogen-bond acceptors (Lipinski definition) is 4. The van der Waals surface area contributed by atoms with Gasteiger partial charge in [0.2, 0.25) is 0 Å². The van der Waals surface area contributed by atoms with Crippen LogP contribution in [0.25, 0.3) is 0 Å². The van der Waals surface area contributed by atoms with E-state index in [-0.39, 0.29) is 6.61 Å². The molecule has 0 saturated heterocycles. The molecule has 4 nitrogen and oxygen atoms in total. The molecule has 0 heterocycles. The Balaban J connectivity index is 2.95. The van der Waals surface area contributed by atoms with Crippen molar-refractivity contribution >= 4 is 15.9 Å². The maximum Gasteiger partial charge on any atom is 0.176 e. The summed E-state index contributed by atoms with van der Waals surface area (Å²) in [6.45, 7) is 3.73. The molecule has 0 unspecified atom stereocenters. The van der Waals surface area contributed by atoms with Crippen LogP contribution in [-0.4, -0.2) is 20.3 Å². The average molecular weight is 299 g/mol. The first-order valence-electron chi connectivity index (χ1n) is 5.29. The van der Waals surface area contributed by atoms with Gasteiger partial charge in [0.1, 0.15) is 6.07 Å². The van der Waals surface area contributed by atoms with Crippen LogP contribution in [0.2, 0.25) is 0 Å². The van der Waals surface area contributed by atoms with E-state index in [1.807, 2.05) is 18.2 Å². The number of nitriles is 1. The Morgan fingerprint density at radius 1 is 1.47 bits per heavy atom. The minimum absolute atomic E-state index is 0.00150. The Labute approximate surface area is 110 Å². The van der Waals surface area contributed by atoms with Crippen LogP contribution in [0.4, 0.5) is 0 Å². The summed E-state index contributed by atoms with van der Waals surface area (Å²) in [6, 6.07) is 5.79. The van der Waals surface area contributed by atoms with Crippen LogP contribution in [0, 0.1) is 11.3 Å². The Hall–Kier alpha value is -1.25. The van der Waals surface area contributed by atoms with Crippen molar-refractivity contribution < 1.29 is 9.47 Å². The van der Waals surface area contributed by atoms with Crippen molar-refractivity contribution in [3.63, 3.8) is 0 Å². The molecule has 0 aromatic heterocycles. The molecule has 0 bridgehead atoms. The minimum atomic E-state index is 0.00150. The van der Waals surface area contributed by atoms with Crippen LogP contribution >= 0.6 is 15.9 Å². The lowest BCUT2D eigenvalue weighted by molar-refractivity contribution is 0.327. The highest BCUT2D eigenvalue weighted by molar-refractivity contribution is 9.10. The predicted molar refractivity (Wildman–Crippen MR) is 69.2 cm³/mol. The molecule has 0 aliphatic rings. The SMILES string of the molecule is CCNCc1cc(Br)c(OCC#N)c(OC)c1. The summed E-state index contributed by atoms with van der Waals surface area (Å²) in [5.74, 6) is 1.19. The normalized spacial score (nSPS) is 9.76. The van der Waals surface area contributed by atoms with E-state index < -0.39 is 0 Å². The van der Waals surface area contributed by atoms with E-state index in [1.165, 1.54) is 0 Å². The molecule has 0 amide bonds. The van der Waals surface area contributed by atoms with Gasteiger partial charge < -0.3 is 14.8 Å². The maximum absolute atomic E-state index is 8.51. The zero-order chi connectivity index (χ0) is 12.7. The smallest absolute Gasteiger partial charge is 0.176 e. The Bertz CT molecular complexity index is 416. The lowest BCUT2D eigenvalue weighted by atomic mass is 10.2. The second kappa shape index (κ2) is 7.15. The monoisotopic (exact) mass is 298 g/mol. The summed E-state index contributed by atoms with van der Waals surface area (Å²) in [5.41, 5.74) is 1.10. The van der Waals surface area contributed by atoms with Crippen LogP contribution < -0.4 is 14.8 Å². The van der Waals surface area contributed by atoms with Crippen molar-refractivity contribution in [2.24, 2.45) is 0 Å². The van der Waals surface area contributed by atoms with Crippen molar-refractivity contribution in [1.82, 2.24) is 5.32 Å². The molecule has 1 aromatic rings. The first-order valence-corrected chi connectivity index (χ1v) is 6.09. The van der Waals surface area contributed by atoms with Gasteiger partial charge in [-0.1, -0.05) is 6.92 Å². The largest absolute Gasteiger partial charge is 0.493 e. The zero-order valence-corrected chi connectivity index (χ0v) is 11.5. The number of hydrogen-bond donors (Lipinski definition) is 1. The van der Waals surface area contributed by atoms with Gasteiger partial charge in [-0.3, -0.25) is 0 Å². The van der Waals surface area contributed by atoms with Gasteiger partial charge in [0.25, 0.3) is 0 Å². The van der Waals surface area contributed by atoms with Crippen LogP contribution in [0.15, 0.2) is 16.6 Å². The highest BCUT2D eigenvalue weighted by Gasteiger charge is 2.11. The summed E-state index contributed by atoms with van der Waals surface area (Å²) >= 11 is 3.42. The third kappa shape index (κ3) is 3.91. The molecular formula is C12H15BrN2O2. The molecule has 1 aromatic carbocycles. The van der Waals surface area contributed by atoms with Gasteiger partial charge in [0.15, 0.2) is 18.1 Å². The predicted octanol–water partition coefficient (Wildman–Crippen LogP) is 2.47. The fourth-order valence-corrected chi connectivity index (χ4v) is 1.99. The van der Waals surface area contributed by atoms with Crippen molar-refractivity contribution in [3.8, 4) is 17.6 Å². The van der Waals surface area contributed by atoms with Gasteiger partial charge in [0.05, 0.1) is 11.6 Å². The standard InChI is InChI=1S/C12H15BrN2O2/c1-3-15-8-9-6-10(13)12(17-5-4-14)11(7-9)16-2/h6-7,15H,3,5,8H2,1-2H3. The third-order valence-corrected chi connectivity index (χ3v) is 2.74. The van der Waals surface area contributed by atoms with Crippen LogP contribution in [0.3, 0.4) is 0 Å². The fraction of sp³-hybridized carbons (Fsp3) is 0.417. The molecule has 0 aliphatic carbocycles. The molecule has 0 atom stereocenters. The lowest BCUT2D eigenvalue weighted by Crippen LogP contribution is -2.12. The number of nitrogens with zero attached hydrogens (tertiary/aromatic N) is 1. The number of methoxy groups -OCH3 is 1. The average Bonchev–Trinajstić information content (AvgIpc) is 2.34. The Morgan fingerprint density at radius 2 is 2.24 bits per heavy atom. The summed E-state index contributed by atoms with van der Waals surface area (Å²) in [5, 5.41) is 11.7. The van der Waals surface area contributed by atoms with Crippen molar-refractivity contribution in [1.29, 1.82) is 5.26 Å². The van der Waals surface area contributed by atoms with Crippen molar-refractivity contribution in [2.45, 2.75) is 13.5 Å². The quantitative estimate of drug-likeness (QED) is 0.876. The van der Waals surface area contributed by atoms with Gasteiger partial charge in [0, 0.05) is 6.54 Å². The molecular weight excluding hydrogens is 284 g/mol. The van der Waals surface area contributed by atoms with Crippen LogP contribution in [0.1, 0.15) is 12.5 Å². The molecule has 0 fully saturated rings. The van der Waals surface area contributed by atoms with E-state index in [4.69, 9.17) is 14.7 Å². The molecule has 0 saturated carbocycles.